The average molecular weight is 495 g/mol. The number of hydrogen-bond donors (Lipinski definition) is 3. The highest BCUT2D eigenvalue weighted by Crippen LogP contribution is 2.23. The van der Waals surface area contributed by atoms with E-state index in [-0.39, 0.29) is 23.0 Å². The van der Waals surface area contributed by atoms with E-state index in [1.165, 1.54) is 18.2 Å². The summed E-state index contributed by atoms with van der Waals surface area (Å²) in [5, 5.41) is 11.4. The number of allylic oxidation sites excluding steroid dienone is 1. The summed E-state index contributed by atoms with van der Waals surface area (Å²) in [5.74, 6) is -0.373. The van der Waals surface area contributed by atoms with Crippen molar-refractivity contribution in [2.24, 2.45) is 5.73 Å². The molecule has 0 fully saturated rings. The fourth-order valence-electron chi connectivity index (χ4n) is 3.33. The van der Waals surface area contributed by atoms with Gasteiger partial charge >= 0.3 is 0 Å². The molecule has 184 valence electrons. The molecule has 0 saturated carbocycles. The Bertz CT molecular complexity index is 1320. The molecule has 0 atom stereocenters. The highest BCUT2D eigenvalue weighted by molar-refractivity contribution is 7.92. The van der Waals surface area contributed by atoms with Crippen LogP contribution in [0.1, 0.15) is 41.2 Å². The fourth-order valence-corrected chi connectivity index (χ4v) is 4.39. The van der Waals surface area contributed by atoms with Gasteiger partial charge in [0.2, 0.25) is 5.78 Å². The number of benzene rings is 2. The van der Waals surface area contributed by atoms with Crippen LogP contribution in [-0.4, -0.2) is 47.7 Å². The number of rotatable bonds is 10. The zero-order valence-corrected chi connectivity index (χ0v) is 20.8. The lowest BCUT2D eigenvalue weighted by Crippen LogP contribution is -2.17. The number of aliphatic hydroxyl groups is 1. The first-order valence-electron chi connectivity index (χ1n) is 11.2. The van der Waals surface area contributed by atoms with Gasteiger partial charge in [0.05, 0.1) is 34.3 Å². The van der Waals surface area contributed by atoms with Crippen molar-refractivity contribution in [3.63, 3.8) is 0 Å². The monoisotopic (exact) mass is 494 g/mol. The van der Waals surface area contributed by atoms with E-state index in [1.54, 1.807) is 39.1 Å². The molecule has 0 unspecified atom stereocenters. The maximum atomic E-state index is 13.0. The molecule has 8 nitrogen and oxygen atoms in total. The number of hydrogen-bond acceptors (Lipinski definition) is 8. The van der Waals surface area contributed by atoms with Crippen LogP contribution in [0.15, 0.2) is 65.7 Å². The highest BCUT2D eigenvalue weighted by atomic mass is 32.2. The van der Waals surface area contributed by atoms with Crippen molar-refractivity contribution in [2.45, 2.75) is 37.5 Å². The van der Waals surface area contributed by atoms with Crippen molar-refractivity contribution in [3.05, 3.63) is 83.3 Å². The molecule has 4 N–H and O–H groups in total. The molecule has 0 radical (unpaired) electrons. The van der Waals surface area contributed by atoms with E-state index < -0.39 is 15.1 Å². The van der Waals surface area contributed by atoms with Crippen molar-refractivity contribution < 1.29 is 18.3 Å². The summed E-state index contributed by atoms with van der Waals surface area (Å²) in [5.41, 5.74) is 9.96. The van der Waals surface area contributed by atoms with E-state index >= 15 is 0 Å². The summed E-state index contributed by atoms with van der Waals surface area (Å²) in [4.78, 5) is 22.0. The van der Waals surface area contributed by atoms with E-state index in [0.29, 0.717) is 41.3 Å². The summed E-state index contributed by atoms with van der Waals surface area (Å²) >= 11 is 0. The smallest absolute Gasteiger partial charge is 0.208 e. The number of aryl methyl sites for hydroxylation is 1. The second kappa shape index (κ2) is 11.4. The maximum Gasteiger partial charge on any atom is 0.208 e. The van der Waals surface area contributed by atoms with Gasteiger partial charge in [0.15, 0.2) is 9.84 Å². The zero-order valence-electron chi connectivity index (χ0n) is 20.0. The van der Waals surface area contributed by atoms with Crippen molar-refractivity contribution in [2.75, 3.05) is 13.2 Å². The molecule has 0 amide bonds. The van der Waals surface area contributed by atoms with Crippen molar-refractivity contribution >= 4 is 21.3 Å². The number of nitrogens with zero attached hydrogens (tertiary/aromatic N) is 2. The van der Waals surface area contributed by atoms with E-state index in [1.807, 2.05) is 24.3 Å². The standard InChI is InChI=1S/C26H30N4O4S/c1-17(2)35(33,34)22-10-8-21(9-11-22)24-16-29-18(3)26(30-24)25(32)14-23(27)20-6-4-19(5-7-20)15-28-12-13-31/h4-11,14,16-17,28,31H,12-13,15,27H2,1-3H3. The fraction of sp³-hybridized carbons (Fsp3) is 0.269. The van der Waals surface area contributed by atoms with Crippen molar-refractivity contribution in [1.29, 1.82) is 0 Å². The first-order chi connectivity index (χ1) is 16.6. The van der Waals surface area contributed by atoms with Crippen LogP contribution in [0, 0.1) is 6.92 Å². The van der Waals surface area contributed by atoms with Gasteiger partial charge in [-0.2, -0.15) is 0 Å². The highest BCUT2D eigenvalue weighted by Gasteiger charge is 2.19. The normalized spacial score (nSPS) is 12.2. The summed E-state index contributed by atoms with van der Waals surface area (Å²) < 4.78 is 24.7. The largest absolute Gasteiger partial charge is 0.398 e. The third-order valence-corrected chi connectivity index (χ3v) is 7.65. The van der Waals surface area contributed by atoms with Gasteiger partial charge in [-0.25, -0.2) is 13.4 Å². The Kier molecular flexibility index (Phi) is 8.50. The Morgan fingerprint density at radius 3 is 2.37 bits per heavy atom. The lowest BCUT2D eigenvalue weighted by atomic mass is 10.1. The van der Waals surface area contributed by atoms with E-state index in [2.05, 4.69) is 15.3 Å². The molecule has 0 aliphatic heterocycles. The Balaban J connectivity index is 1.81. The molecule has 0 bridgehead atoms. The van der Waals surface area contributed by atoms with Gasteiger partial charge in [0.25, 0.3) is 0 Å². The predicted molar refractivity (Wildman–Crippen MR) is 136 cm³/mol. The van der Waals surface area contributed by atoms with Gasteiger partial charge in [0.1, 0.15) is 5.69 Å². The van der Waals surface area contributed by atoms with Crippen LogP contribution in [0.5, 0.6) is 0 Å². The van der Waals surface area contributed by atoms with E-state index in [9.17, 15) is 13.2 Å². The van der Waals surface area contributed by atoms with Crippen molar-refractivity contribution in [1.82, 2.24) is 15.3 Å². The number of aromatic nitrogens is 2. The summed E-state index contributed by atoms with van der Waals surface area (Å²) in [6.07, 6.45) is 2.88. The Labute approximate surface area is 205 Å². The molecular weight excluding hydrogens is 464 g/mol. The Morgan fingerprint density at radius 2 is 1.77 bits per heavy atom. The molecule has 0 aliphatic rings. The lowest BCUT2D eigenvalue weighted by Gasteiger charge is -2.09. The Morgan fingerprint density at radius 1 is 1.11 bits per heavy atom. The second-order valence-electron chi connectivity index (χ2n) is 8.37. The van der Waals surface area contributed by atoms with Crippen molar-refractivity contribution in [3.8, 4) is 11.3 Å². The van der Waals surface area contributed by atoms with Gasteiger partial charge in [-0.3, -0.25) is 9.78 Å². The number of aliphatic hydroxyl groups excluding tert-OH is 1. The molecule has 3 aromatic rings. The van der Waals surface area contributed by atoms with Gasteiger partial charge in [-0.15, -0.1) is 0 Å². The number of nitrogens with one attached hydrogen (secondary N) is 1. The quantitative estimate of drug-likeness (QED) is 0.222. The lowest BCUT2D eigenvalue weighted by molar-refractivity contribution is 0.104. The molecule has 9 heteroatoms. The third-order valence-electron chi connectivity index (χ3n) is 5.48. The summed E-state index contributed by atoms with van der Waals surface area (Å²) in [6, 6.07) is 13.9. The number of carbonyl (C=O) groups excluding carboxylic acids is 1. The van der Waals surface area contributed by atoms with E-state index in [0.717, 1.165) is 5.56 Å². The first kappa shape index (κ1) is 26.2. The van der Waals surface area contributed by atoms with Crippen LogP contribution in [0.25, 0.3) is 17.0 Å². The van der Waals surface area contributed by atoms with Gasteiger partial charge in [-0.05, 0) is 44.0 Å². The molecule has 0 aliphatic carbocycles. The molecule has 0 saturated heterocycles. The van der Waals surface area contributed by atoms with Crippen LogP contribution < -0.4 is 11.1 Å². The van der Waals surface area contributed by atoms with Crippen LogP contribution in [0.4, 0.5) is 0 Å². The third kappa shape index (κ3) is 6.39. The number of nitrogens with two attached hydrogens (primary N) is 1. The second-order valence-corrected chi connectivity index (χ2v) is 10.9. The molecule has 1 aromatic heterocycles. The molecule has 35 heavy (non-hydrogen) atoms. The minimum atomic E-state index is -3.38. The maximum absolute atomic E-state index is 13.0. The Hall–Kier alpha value is -3.40. The molecular formula is C26H30N4O4S. The molecule has 0 spiro atoms. The topological polar surface area (TPSA) is 135 Å². The van der Waals surface area contributed by atoms with Gasteiger partial charge < -0.3 is 16.2 Å². The van der Waals surface area contributed by atoms with Gasteiger partial charge in [-0.1, -0.05) is 36.4 Å². The number of ketones is 1. The summed E-state index contributed by atoms with van der Waals surface area (Å²) in [6.45, 7) is 6.17. The van der Waals surface area contributed by atoms with E-state index in [4.69, 9.17) is 10.8 Å². The van der Waals surface area contributed by atoms with Crippen LogP contribution in [-0.2, 0) is 16.4 Å². The molecule has 3 rings (SSSR count). The SMILES string of the molecule is Cc1ncc(-c2ccc(S(=O)(=O)C(C)C)cc2)nc1C(=O)C=C(N)c1ccc(CNCCO)cc1. The van der Waals surface area contributed by atoms with Crippen LogP contribution >= 0.6 is 0 Å². The predicted octanol–water partition coefficient (Wildman–Crippen LogP) is 2.90. The van der Waals surface area contributed by atoms with Crippen LogP contribution in [0.2, 0.25) is 0 Å². The van der Waals surface area contributed by atoms with Gasteiger partial charge in [0, 0.05) is 30.4 Å². The number of carbonyl (C=O) groups is 1. The molecule has 1 heterocycles. The minimum Gasteiger partial charge on any atom is -0.398 e. The van der Waals surface area contributed by atoms with Crippen LogP contribution in [0.3, 0.4) is 0 Å². The summed E-state index contributed by atoms with van der Waals surface area (Å²) in [7, 11) is -3.38. The zero-order chi connectivity index (χ0) is 25.6. The first-order valence-corrected chi connectivity index (χ1v) is 12.8. The minimum absolute atomic E-state index is 0.0742. The number of sulfone groups is 1. The molecule has 2 aromatic carbocycles. The average Bonchev–Trinajstić information content (AvgIpc) is 2.84.